The third-order valence-electron chi connectivity index (χ3n) is 3.34. The number of nitrogens with zero attached hydrogens (tertiary/aromatic N) is 1. The summed E-state index contributed by atoms with van der Waals surface area (Å²) in [4.78, 5) is 0. The summed E-state index contributed by atoms with van der Waals surface area (Å²) in [6, 6.07) is 6.31. The Hall–Kier alpha value is -1.35. The lowest BCUT2D eigenvalue weighted by Gasteiger charge is -2.09. The van der Waals surface area contributed by atoms with E-state index in [0.29, 0.717) is 0 Å². The number of para-hydroxylation sites is 1. The first kappa shape index (κ1) is 8.92. The van der Waals surface area contributed by atoms with Gasteiger partial charge in [0.15, 0.2) is 0 Å². The number of fused-ring (bicyclic) bond motifs is 1. The van der Waals surface area contributed by atoms with Gasteiger partial charge in [0.1, 0.15) is 0 Å². The average molecular weight is 201 g/mol. The summed E-state index contributed by atoms with van der Waals surface area (Å²) in [5.74, 6) is 0. The quantitative estimate of drug-likeness (QED) is 0.781. The molecule has 1 heterocycles. The van der Waals surface area contributed by atoms with Crippen LogP contribution in [0.2, 0.25) is 0 Å². The van der Waals surface area contributed by atoms with E-state index in [-0.39, 0.29) is 5.54 Å². The lowest BCUT2D eigenvalue weighted by Crippen LogP contribution is -2.18. The second kappa shape index (κ2) is 2.83. The molecule has 0 amide bonds. The molecule has 0 atom stereocenters. The Kier molecular flexibility index (Phi) is 1.68. The molecule has 0 saturated heterocycles. The molecule has 3 nitrogen and oxygen atoms in total. The van der Waals surface area contributed by atoms with Crippen molar-refractivity contribution in [3.8, 4) is 0 Å². The fourth-order valence-electron chi connectivity index (χ4n) is 2.17. The van der Waals surface area contributed by atoms with Gasteiger partial charge in [-0.2, -0.15) is 5.10 Å². The van der Waals surface area contributed by atoms with Crippen LogP contribution in [0, 0.1) is 0 Å². The summed E-state index contributed by atoms with van der Waals surface area (Å²) in [6.07, 6.45) is 3.15. The van der Waals surface area contributed by atoms with Crippen LogP contribution in [0.15, 0.2) is 18.2 Å². The van der Waals surface area contributed by atoms with Gasteiger partial charge in [-0.1, -0.05) is 25.1 Å². The standard InChI is InChI=1S/C12H15N3/c1-2-10-8-4-3-5-9(11(8)15-14-10)12(13)6-7-12/h3-5H,2,6-7,13H2,1H3,(H,14,15). The van der Waals surface area contributed by atoms with E-state index in [9.17, 15) is 0 Å². The van der Waals surface area contributed by atoms with Gasteiger partial charge in [-0.05, 0) is 19.3 Å². The summed E-state index contributed by atoms with van der Waals surface area (Å²) in [5.41, 5.74) is 9.61. The van der Waals surface area contributed by atoms with Crippen LogP contribution in [-0.2, 0) is 12.0 Å². The molecule has 1 fully saturated rings. The number of hydrogen-bond acceptors (Lipinski definition) is 2. The van der Waals surface area contributed by atoms with E-state index in [1.54, 1.807) is 0 Å². The van der Waals surface area contributed by atoms with E-state index in [1.807, 2.05) is 0 Å². The summed E-state index contributed by atoms with van der Waals surface area (Å²) in [6.45, 7) is 2.13. The van der Waals surface area contributed by atoms with Crippen molar-refractivity contribution >= 4 is 10.9 Å². The maximum absolute atomic E-state index is 6.23. The van der Waals surface area contributed by atoms with Crippen molar-refractivity contribution in [3.05, 3.63) is 29.5 Å². The van der Waals surface area contributed by atoms with Gasteiger partial charge in [-0.3, -0.25) is 5.10 Å². The van der Waals surface area contributed by atoms with Gasteiger partial charge in [-0.25, -0.2) is 0 Å². The highest BCUT2D eigenvalue weighted by atomic mass is 15.1. The molecule has 0 radical (unpaired) electrons. The summed E-state index contributed by atoms with van der Waals surface area (Å²) >= 11 is 0. The molecule has 1 aliphatic rings. The van der Waals surface area contributed by atoms with Crippen LogP contribution < -0.4 is 5.73 Å². The maximum Gasteiger partial charge on any atom is 0.0974 e. The van der Waals surface area contributed by atoms with Gasteiger partial charge < -0.3 is 5.73 Å². The molecule has 0 aliphatic heterocycles. The molecule has 0 bridgehead atoms. The van der Waals surface area contributed by atoms with E-state index in [0.717, 1.165) is 24.8 Å². The highest BCUT2D eigenvalue weighted by Gasteiger charge is 2.41. The highest BCUT2D eigenvalue weighted by Crippen LogP contribution is 2.45. The van der Waals surface area contributed by atoms with Gasteiger partial charge in [-0.15, -0.1) is 0 Å². The lowest BCUT2D eigenvalue weighted by molar-refractivity contribution is 0.745. The van der Waals surface area contributed by atoms with Crippen molar-refractivity contribution in [2.24, 2.45) is 5.73 Å². The number of rotatable bonds is 2. The minimum atomic E-state index is -0.0975. The minimum absolute atomic E-state index is 0.0975. The first-order chi connectivity index (χ1) is 7.24. The third-order valence-corrected chi connectivity index (χ3v) is 3.34. The largest absolute Gasteiger partial charge is 0.321 e. The van der Waals surface area contributed by atoms with Crippen molar-refractivity contribution in [2.75, 3.05) is 0 Å². The number of H-pyrrole nitrogens is 1. The Labute approximate surface area is 88.7 Å². The fourth-order valence-corrected chi connectivity index (χ4v) is 2.17. The van der Waals surface area contributed by atoms with Crippen LogP contribution in [0.4, 0.5) is 0 Å². The molecule has 0 unspecified atom stereocenters. The van der Waals surface area contributed by atoms with Crippen molar-refractivity contribution in [1.82, 2.24) is 10.2 Å². The normalized spacial score (nSPS) is 18.3. The number of nitrogens with one attached hydrogen (secondary N) is 1. The first-order valence-corrected chi connectivity index (χ1v) is 5.50. The number of benzene rings is 1. The second-order valence-electron chi connectivity index (χ2n) is 4.41. The monoisotopic (exact) mass is 201 g/mol. The van der Waals surface area contributed by atoms with Crippen LogP contribution in [0.1, 0.15) is 31.0 Å². The Morgan fingerprint density at radius 2 is 2.27 bits per heavy atom. The number of aromatic amines is 1. The Bertz CT molecular complexity index is 509. The van der Waals surface area contributed by atoms with Gasteiger partial charge in [0.05, 0.1) is 5.52 Å². The van der Waals surface area contributed by atoms with Crippen molar-refractivity contribution in [1.29, 1.82) is 0 Å². The number of aromatic nitrogens is 2. The van der Waals surface area contributed by atoms with Gasteiger partial charge >= 0.3 is 0 Å². The topological polar surface area (TPSA) is 54.7 Å². The third kappa shape index (κ3) is 1.20. The molecular weight excluding hydrogens is 186 g/mol. The van der Waals surface area contributed by atoms with Crippen LogP contribution >= 0.6 is 0 Å². The van der Waals surface area contributed by atoms with E-state index in [4.69, 9.17) is 5.73 Å². The van der Waals surface area contributed by atoms with Crippen LogP contribution in [-0.4, -0.2) is 10.2 Å². The summed E-state index contributed by atoms with van der Waals surface area (Å²) < 4.78 is 0. The predicted octanol–water partition coefficient (Wildman–Crippen LogP) is 2.07. The van der Waals surface area contributed by atoms with Crippen LogP contribution in [0.25, 0.3) is 10.9 Å². The van der Waals surface area contributed by atoms with Crippen molar-refractivity contribution < 1.29 is 0 Å². The molecule has 3 N–H and O–H groups in total. The van der Waals surface area contributed by atoms with Crippen LogP contribution in [0.3, 0.4) is 0 Å². The zero-order valence-electron chi connectivity index (χ0n) is 8.88. The fraction of sp³-hybridized carbons (Fsp3) is 0.417. The summed E-state index contributed by atoms with van der Waals surface area (Å²) in [5, 5.41) is 8.72. The zero-order valence-corrected chi connectivity index (χ0v) is 8.88. The Balaban J connectivity index is 2.27. The van der Waals surface area contributed by atoms with Gasteiger partial charge in [0, 0.05) is 22.2 Å². The molecule has 1 aromatic heterocycles. The number of nitrogens with two attached hydrogens (primary N) is 1. The van der Waals surface area contributed by atoms with E-state index < -0.39 is 0 Å². The van der Waals surface area contributed by atoms with Gasteiger partial charge in [0.25, 0.3) is 0 Å². The van der Waals surface area contributed by atoms with Gasteiger partial charge in [0.2, 0.25) is 0 Å². The second-order valence-corrected chi connectivity index (χ2v) is 4.41. The smallest absolute Gasteiger partial charge is 0.0974 e. The number of aryl methyl sites for hydroxylation is 1. The molecule has 2 aromatic rings. The highest BCUT2D eigenvalue weighted by molar-refractivity contribution is 5.85. The maximum atomic E-state index is 6.23. The van der Waals surface area contributed by atoms with E-state index in [2.05, 4.69) is 35.3 Å². The van der Waals surface area contributed by atoms with E-state index >= 15 is 0 Å². The molecule has 15 heavy (non-hydrogen) atoms. The molecule has 1 saturated carbocycles. The molecule has 0 spiro atoms. The molecule has 1 aromatic carbocycles. The molecule has 78 valence electrons. The molecule has 3 rings (SSSR count). The van der Waals surface area contributed by atoms with Crippen molar-refractivity contribution in [2.45, 2.75) is 31.7 Å². The molecule has 3 heteroatoms. The van der Waals surface area contributed by atoms with Crippen molar-refractivity contribution in [3.63, 3.8) is 0 Å². The Morgan fingerprint density at radius 1 is 1.47 bits per heavy atom. The molecular formula is C12H15N3. The average Bonchev–Trinajstić information content (AvgIpc) is 2.87. The summed E-state index contributed by atoms with van der Waals surface area (Å²) in [7, 11) is 0. The Morgan fingerprint density at radius 3 is 2.93 bits per heavy atom. The minimum Gasteiger partial charge on any atom is -0.321 e. The lowest BCUT2D eigenvalue weighted by atomic mass is 10.0. The number of hydrogen-bond donors (Lipinski definition) is 2. The van der Waals surface area contributed by atoms with Crippen LogP contribution in [0.5, 0.6) is 0 Å². The predicted molar refractivity (Wildman–Crippen MR) is 60.6 cm³/mol. The SMILES string of the molecule is CCc1[nH]nc2c(C3(N)CC3)cccc12. The molecule has 1 aliphatic carbocycles. The first-order valence-electron chi connectivity index (χ1n) is 5.50. The zero-order chi connectivity index (χ0) is 10.5. The van der Waals surface area contributed by atoms with E-state index in [1.165, 1.54) is 16.6 Å².